The normalized spacial score (nSPS) is 10.5. The van der Waals surface area contributed by atoms with Crippen LogP contribution in [0.5, 0.6) is 0 Å². The highest BCUT2D eigenvalue weighted by Gasteiger charge is 2.17. The van der Waals surface area contributed by atoms with Crippen LogP contribution in [0.4, 0.5) is 4.39 Å². The molecule has 0 saturated carbocycles. The molecule has 0 N–H and O–H groups in total. The SMILES string of the molecule is COC(=O)c1ccccc1-c1sccc1-c1ccc(F)cc1. The van der Waals surface area contributed by atoms with Crippen molar-refractivity contribution < 1.29 is 13.9 Å². The molecule has 0 amide bonds. The Morgan fingerprint density at radius 2 is 1.73 bits per heavy atom. The predicted octanol–water partition coefficient (Wildman–Crippen LogP) is 5.01. The number of esters is 1. The van der Waals surface area contributed by atoms with Crippen LogP contribution >= 0.6 is 11.3 Å². The van der Waals surface area contributed by atoms with Gasteiger partial charge in [-0.15, -0.1) is 11.3 Å². The van der Waals surface area contributed by atoms with Crippen molar-refractivity contribution in [2.45, 2.75) is 0 Å². The zero-order valence-corrected chi connectivity index (χ0v) is 12.7. The first kappa shape index (κ1) is 14.5. The molecule has 0 bridgehead atoms. The number of rotatable bonds is 3. The fourth-order valence-corrected chi connectivity index (χ4v) is 3.30. The third-order valence-corrected chi connectivity index (χ3v) is 4.35. The number of carbonyl (C=O) groups is 1. The van der Waals surface area contributed by atoms with E-state index in [4.69, 9.17) is 4.74 Å². The van der Waals surface area contributed by atoms with E-state index in [0.29, 0.717) is 5.56 Å². The summed E-state index contributed by atoms with van der Waals surface area (Å²) >= 11 is 1.54. The minimum atomic E-state index is -0.367. The molecule has 0 aliphatic heterocycles. The minimum absolute atomic E-state index is 0.268. The van der Waals surface area contributed by atoms with Crippen LogP contribution in [-0.2, 0) is 4.74 Å². The molecule has 1 aromatic heterocycles. The molecule has 0 aliphatic carbocycles. The summed E-state index contributed by atoms with van der Waals surface area (Å²) in [5, 5.41) is 1.96. The van der Waals surface area contributed by atoms with Gasteiger partial charge in [0.2, 0.25) is 0 Å². The maximum Gasteiger partial charge on any atom is 0.338 e. The predicted molar refractivity (Wildman–Crippen MR) is 86.5 cm³/mol. The molecule has 0 saturated heterocycles. The third kappa shape index (κ3) is 2.65. The van der Waals surface area contributed by atoms with E-state index in [1.165, 1.54) is 19.2 Å². The maximum absolute atomic E-state index is 13.1. The van der Waals surface area contributed by atoms with Gasteiger partial charge in [0.15, 0.2) is 0 Å². The van der Waals surface area contributed by atoms with Crippen molar-refractivity contribution in [1.82, 2.24) is 0 Å². The van der Waals surface area contributed by atoms with E-state index in [9.17, 15) is 9.18 Å². The van der Waals surface area contributed by atoms with E-state index in [1.807, 2.05) is 23.6 Å². The van der Waals surface area contributed by atoms with Crippen molar-refractivity contribution in [3.63, 3.8) is 0 Å². The van der Waals surface area contributed by atoms with Crippen LogP contribution in [0.2, 0.25) is 0 Å². The Hall–Kier alpha value is -2.46. The third-order valence-electron chi connectivity index (χ3n) is 3.40. The van der Waals surface area contributed by atoms with Gasteiger partial charge in [0.05, 0.1) is 12.7 Å². The average molecular weight is 312 g/mol. The first-order chi connectivity index (χ1) is 10.7. The highest BCUT2D eigenvalue weighted by atomic mass is 32.1. The summed E-state index contributed by atoms with van der Waals surface area (Å²) in [5.41, 5.74) is 3.23. The molecule has 0 aliphatic rings. The second kappa shape index (κ2) is 6.12. The summed E-state index contributed by atoms with van der Waals surface area (Å²) < 4.78 is 18.0. The van der Waals surface area contributed by atoms with E-state index >= 15 is 0 Å². The summed E-state index contributed by atoms with van der Waals surface area (Å²) in [4.78, 5) is 12.9. The average Bonchev–Trinajstić information content (AvgIpc) is 3.04. The molecule has 0 fully saturated rings. The molecule has 3 aromatic rings. The number of hydrogen-bond acceptors (Lipinski definition) is 3. The Labute approximate surface area is 131 Å². The van der Waals surface area contributed by atoms with Crippen molar-refractivity contribution in [1.29, 1.82) is 0 Å². The van der Waals surface area contributed by atoms with Crippen LogP contribution in [0, 0.1) is 5.82 Å². The van der Waals surface area contributed by atoms with Gasteiger partial charge in [0.25, 0.3) is 0 Å². The summed E-state index contributed by atoms with van der Waals surface area (Å²) in [6.45, 7) is 0. The smallest absolute Gasteiger partial charge is 0.338 e. The van der Waals surface area contributed by atoms with Crippen molar-refractivity contribution >= 4 is 17.3 Å². The van der Waals surface area contributed by atoms with Gasteiger partial charge < -0.3 is 4.74 Å². The lowest BCUT2D eigenvalue weighted by Crippen LogP contribution is -2.03. The first-order valence-corrected chi connectivity index (χ1v) is 7.60. The van der Waals surface area contributed by atoms with Crippen molar-refractivity contribution in [3.05, 3.63) is 71.4 Å². The van der Waals surface area contributed by atoms with Crippen LogP contribution < -0.4 is 0 Å². The summed E-state index contributed by atoms with van der Waals surface area (Å²) in [6, 6.07) is 15.6. The van der Waals surface area contributed by atoms with Crippen molar-refractivity contribution in [3.8, 4) is 21.6 Å². The fraction of sp³-hybridized carbons (Fsp3) is 0.0556. The largest absolute Gasteiger partial charge is 0.465 e. The van der Waals surface area contributed by atoms with E-state index in [1.54, 1.807) is 35.6 Å². The molecule has 0 atom stereocenters. The summed E-state index contributed by atoms with van der Waals surface area (Å²) in [5.74, 6) is -0.635. The molecular formula is C18H13FO2S. The minimum Gasteiger partial charge on any atom is -0.465 e. The van der Waals surface area contributed by atoms with Crippen molar-refractivity contribution in [2.75, 3.05) is 7.11 Å². The fourth-order valence-electron chi connectivity index (χ4n) is 2.34. The molecule has 0 radical (unpaired) electrons. The van der Waals surface area contributed by atoms with Gasteiger partial charge in [-0.1, -0.05) is 30.3 Å². The van der Waals surface area contributed by atoms with Crippen LogP contribution in [0.3, 0.4) is 0 Å². The molecule has 0 unspecified atom stereocenters. The number of hydrogen-bond donors (Lipinski definition) is 0. The van der Waals surface area contributed by atoms with Crippen molar-refractivity contribution in [2.24, 2.45) is 0 Å². The molecule has 3 rings (SSSR count). The zero-order valence-electron chi connectivity index (χ0n) is 11.9. The highest BCUT2D eigenvalue weighted by molar-refractivity contribution is 7.14. The zero-order chi connectivity index (χ0) is 15.5. The second-order valence-corrected chi connectivity index (χ2v) is 5.62. The summed E-state index contributed by atoms with van der Waals surface area (Å²) in [6.07, 6.45) is 0. The van der Waals surface area contributed by atoms with Crippen LogP contribution in [0.25, 0.3) is 21.6 Å². The number of ether oxygens (including phenoxy) is 1. The van der Waals surface area contributed by atoms with Crippen LogP contribution in [-0.4, -0.2) is 13.1 Å². The van der Waals surface area contributed by atoms with E-state index in [0.717, 1.165) is 21.6 Å². The monoisotopic (exact) mass is 312 g/mol. The molecule has 22 heavy (non-hydrogen) atoms. The Bertz CT molecular complexity index is 806. The van der Waals surface area contributed by atoms with Gasteiger partial charge >= 0.3 is 5.97 Å². The molecule has 2 nitrogen and oxygen atoms in total. The molecule has 2 aromatic carbocycles. The topological polar surface area (TPSA) is 26.3 Å². The Morgan fingerprint density at radius 1 is 1.00 bits per heavy atom. The Morgan fingerprint density at radius 3 is 2.45 bits per heavy atom. The second-order valence-electron chi connectivity index (χ2n) is 4.71. The number of thiophene rings is 1. The number of methoxy groups -OCH3 is 1. The van der Waals surface area contributed by atoms with Crippen LogP contribution in [0.1, 0.15) is 10.4 Å². The lowest BCUT2D eigenvalue weighted by atomic mass is 9.99. The van der Waals surface area contributed by atoms with Gasteiger partial charge in [-0.05, 0) is 35.2 Å². The Kier molecular flexibility index (Phi) is 4.02. The van der Waals surface area contributed by atoms with Gasteiger partial charge in [-0.2, -0.15) is 0 Å². The molecule has 1 heterocycles. The highest BCUT2D eigenvalue weighted by Crippen LogP contribution is 2.38. The molecule has 110 valence electrons. The number of benzene rings is 2. The van der Waals surface area contributed by atoms with E-state index in [2.05, 4.69) is 0 Å². The van der Waals surface area contributed by atoms with Gasteiger partial charge in [-0.25, -0.2) is 9.18 Å². The first-order valence-electron chi connectivity index (χ1n) is 6.72. The Balaban J connectivity index is 2.14. The van der Waals surface area contributed by atoms with Crippen LogP contribution in [0.15, 0.2) is 60.0 Å². The standard InChI is InChI=1S/C18H13FO2S/c1-21-18(20)16-5-3-2-4-15(16)17-14(10-11-22-17)12-6-8-13(19)9-7-12/h2-11H,1H3. The number of carbonyl (C=O) groups excluding carboxylic acids is 1. The lowest BCUT2D eigenvalue weighted by molar-refractivity contribution is 0.0601. The van der Waals surface area contributed by atoms with Gasteiger partial charge in [0, 0.05) is 16.0 Å². The molecule has 0 spiro atoms. The lowest BCUT2D eigenvalue weighted by Gasteiger charge is -2.09. The summed E-state index contributed by atoms with van der Waals surface area (Å²) in [7, 11) is 1.37. The van der Waals surface area contributed by atoms with E-state index in [-0.39, 0.29) is 11.8 Å². The number of halogens is 1. The molecular weight excluding hydrogens is 299 g/mol. The maximum atomic E-state index is 13.1. The van der Waals surface area contributed by atoms with Gasteiger partial charge in [0.1, 0.15) is 5.82 Å². The molecule has 4 heteroatoms. The van der Waals surface area contributed by atoms with E-state index < -0.39 is 0 Å². The quantitative estimate of drug-likeness (QED) is 0.636. The van der Waals surface area contributed by atoms with Gasteiger partial charge in [-0.3, -0.25) is 0 Å².